The van der Waals surface area contributed by atoms with Crippen LogP contribution in [0.1, 0.15) is 24.2 Å². The molecule has 1 amide bonds. The largest absolute Gasteiger partial charge is 0.394 e. The number of aliphatic hydroxyl groups excluding tert-OH is 1. The van der Waals surface area contributed by atoms with E-state index in [1.807, 2.05) is 0 Å². The lowest BCUT2D eigenvalue weighted by Gasteiger charge is -2.23. The predicted octanol–water partition coefficient (Wildman–Crippen LogP) is 1.33. The highest BCUT2D eigenvalue weighted by Gasteiger charge is 2.19. The maximum Gasteiger partial charge on any atom is 0.251 e. The number of hydrogen-bond acceptors (Lipinski definition) is 2. The Labute approximate surface area is 87.9 Å². The van der Waals surface area contributed by atoms with E-state index in [1.54, 1.807) is 13.8 Å². The van der Waals surface area contributed by atoms with Crippen molar-refractivity contribution in [3.05, 3.63) is 35.6 Å². The third kappa shape index (κ3) is 3.32. The smallest absolute Gasteiger partial charge is 0.251 e. The zero-order chi connectivity index (χ0) is 11.5. The number of halogens is 1. The van der Waals surface area contributed by atoms with Gasteiger partial charge in [-0.15, -0.1) is 0 Å². The molecule has 0 unspecified atom stereocenters. The molecule has 1 aromatic carbocycles. The average Bonchev–Trinajstić information content (AvgIpc) is 2.17. The number of hydrogen-bond donors (Lipinski definition) is 2. The number of nitrogens with one attached hydrogen (secondary N) is 1. The van der Waals surface area contributed by atoms with Crippen LogP contribution in [0.25, 0.3) is 0 Å². The first-order valence-electron chi connectivity index (χ1n) is 4.63. The Bertz CT molecular complexity index is 363. The number of aliphatic hydroxyl groups is 1. The summed E-state index contributed by atoms with van der Waals surface area (Å²) in [7, 11) is 0. The maximum absolute atomic E-state index is 12.8. The summed E-state index contributed by atoms with van der Waals surface area (Å²) in [5, 5.41) is 11.5. The van der Waals surface area contributed by atoms with E-state index in [0.717, 1.165) is 6.07 Å². The summed E-state index contributed by atoms with van der Waals surface area (Å²) in [5.41, 5.74) is -0.458. The number of amides is 1. The van der Waals surface area contributed by atoms with Gasteiger partial charge in [0.25, 0.3) is 5.91 Å². The van der Waals surface area contributed by atoms with Gasteiger partial charge in [-0.2, -0.15) is 0 Å². The van der Waals surface area contributed by atoms with Gasteiger partial charge in [0.2, 0.25) is 0 Å². The number of carbonyl (C=O) groups excluding carboxylic acids is 1. The predicted molar refractivity (Wildman–Crippen MR) is 55.0 cm³/mol. The molecule has 2 N–H and O–H groups in total. The van der Waals surface area contributed by atoms with Crippen LogP contribution in [-0.2, 0) is 0 Å². The van der Waals surface area contributed by atoms with E-state index < -0.39 is 17.3 Å². The third-order valence-corrected chi connectivity index (χ3v) is 1.93. The molecule has 1 rings (SSSR count). The van der Waals surface area contributed by atoms with Crippen LogP contribution in [-0.4, -0.2) is 23.2 Å². The average molecular weight is 211 g/mol. The highest BCUT2D eigenvalue weighted by atomic mass is 19.1. The Morgan fingerprint density at radius 1 is 1.53 bits per heavy atom. The van der Waals surface area contributed by atoms with Gasteiger partial charge in [-0.3, -0.25) is 4.79 Å². The molecule has 0 fully saturated rings. The minimum atomic E-state index is -0.705. The molecule has 0 heterocycles. The van der Waals surface area contributed by atoms with Gasteiger partial charge < -0.3 is 10.4 Å². The van der Waals surface area contributed by atoms with Crippen molar-refractivity contribution in [2.45, 2.75) is 19.4 Å². The molecule has 4 heteroatoms. The fraction of sp³-hybridized carbons (Fsp3) is 0.364. The topological polar surface area (TPSA) is 49.3 Å². The molecule has 82 valence electrons. The van der Waals surface area contributed by atoms with Crippen molar-refractivity contribution >= 4 is 5.91 Å². The van der Waals surface area contributed by atoms with Crippen LogP contribution in [0.5, 0.6) is 0 Å². The summed E-state index contributed by atoms with van der Waals surface area (Å²) in [4.78, 5) is 11.6. The Hall–Kier alpha value is -1.42. The first-order valence-corrected chi connectivity index (χ1v) is 4.63. The van der Waals surface area contributed by atoms with Crippen molar-refractivity contribution in [1.82, 2.24) is 5.32 Å². The summed E-state index contributed by atoms with van der Waals surface area (Å²) >= 11 is 0. The molecule has 0 saturated carbocycles. The van der Waals surface area contributed by atoms with Crippen molar-refractivity contribution in [3.8, 4) is 0 Å². The Morgan fingerprint density at radius 3 is 2.73 bits per heavy atom. The Kier molecular flexibility index (Phi) is 3.42. The molecule has 15 heavy (non-hydrogen) atoms. The molecule has 0 spiro atoms. The Morgan fingerprint density at radius 2 is 2.20 bits per heavy atom. The van der Waals surface area contributed by atoms with E-state index >= 15 is 0 Å². The van der Waals surface area contributed by atoms with Crippen LogP contribution in [0.3, 0.4) is 0 Å². The Balaban J connectivity index is 2.78. The van der Waals surface area contributed by atoms with Gasteiger partial charge in [0, 0.05) is 5.56 Å². The highest BCUT2D eigenvalue weighted by molar-refractivity contribution is 5.94. The van der Waals surface area contributed by atoms with Gasteiger partial charge >= 0.3 is 0 Å². The lowest BCUT2D eigenvalue weighted by Crippen LogP contribution is -2.46. The normalized spacial score (nSPS) is 11.2. The van der Waals surface area contributed by atoms with Crippen molar-refractivity contribution < 1.29 is 14.3 Å². The first-order chi connectivity index (χ1) is 6.94. The van der Waals surface area contributed by atoms with Gasteiger partial charge in [0.05, 0.1) is 12.1 Å². The molecule has 0 atom stereocenters. The van der Waals surface area contributed by atoms with E-state index in [0.29, 0.717) is 0 Å². The van der Waals surface area contributed by atoms with Crippen LogP contribution in [0.2, 0.25) is 0 Å². The van der Waals surface area contributed by atoms with Crippen LogP contribution in [0.15, 0.2) is 24.3 Å². The van der Waals surface area contributed by atoms with E-state index in [4.69, 9.17) is 5.11 Å². The molecule has 0 aliphatic rings. The molecule has 0 saturated heterocycles. The van der Waals surface area contributed by atoms with Gasteiger partial charge in [-0.25, -0.2) is 4.39 Å². The lowest BCUT2D eigenvalue weighted by atomic mass is 10.1. The summed E-state index contributed by atoms with van der Waals surface area (Å²) in [6.07, 6.45) is 0. The zero-order valence-electron chi connectivity index (χ0n) is 8.75. The third-order valence-electron chi connectivity index (χ3n) is 1.93. The first kappa shape index (κ1) is 11.7. The molecule has 0 radical (unpaired) electrons. The number of rotatable bonds is 3. The van der Waals surface area contributed by atoms with Crippen LogP contribution in [0.4, 0.5) is 4.39 Å². The molecular weight excluding hydrogens is 197 g/mol. The second kappa shape index (κ2) is 4.40. The molecule has 0 aliphatic carbocycles. The standard InChI is InChI=1S/C11H14FNO2/c1-11(2,7-14)13-10(15)8-4-3-5-9(12)6-8/h3-6,14H,7H2,1-2H3,(H,13,15). The zero-order valence-corrected chi connectivity index (χ0v) is 8.75. The van der Waals surface area contributed by atoms with Crippen LogP contribution < -0.4 is 5.32 Å². The van der Waals surface area contributed by atoms with Crippen LogP contribution in [0, 0.1) is 5.82 Å². The molecule has 0 aromatic heterocycles. The molecular formula is C11H14FNO2. The quantitative estimate of drug-likeness (QED) is 0.792. The second-order valence-corrected chi connectivity index (χ2v) is 4.01. The monoisotopic (exact) mass is 211 g/mol. The van der Waals surface area contributed by atoms with Gasteiger partial charge in [0.1, 0.15) is 5.82 Å². The van der Waals surface area contributed by atoms with E-state index in [1.165, 1.54) is 18.2 Å². The summed E-state index contributed by atoms with van der Waals surface area (Å²) in [5.74, 6) is -0.849. The fourth-order valence-electron chi connectivity index (χ4n) is 1.05. The van der Waals surface area contributed by atoms with E-state index in [-0.39, 0.29) is 12.2 Å². The maximum atomic E-state index is 12.8. The highest BCUT2D eigenvalue weighted by Crippen LogP contribution is 2.06. The molecule has 0 bridgehead atoms. The molecule has 0 aliphatic heterocycles. The summed E-state index contributed by atoms with van der Waals surface area (Å²) in [6.45, 7) is 3.20. The van der Waals surface area contributed by atoms with Gasteiger partial charge in [-0.1, -0.05) is 6.07 Å². The van der Waals surface area contributed by atoms with Gasteiger partial charge in [-0.05, 0) is 32.0 Å². The lowest BCUT2D eigenvalue weighted by molar-refractivity contribution is 0.0869. The van der Waals surface area contributed by atoms with Gasteiger partial charge in [0.15, 0.2) is 0 Å². The van der Waals surface area contributed by atoms with E-state index in [2.05, 4.69) is 5.32 Å². The van der Waals surface area contributed by atoms with E-state index in [9.17, 15) is 9.18 Å². The van der Waals surface area contributed by atoms with Crippen molar-refractivity contribution in [1.29, 1.82) is 0 Å². The molecule has 1 aromatic rings. The van der Waals surface area contributed by atoms with Crippen molar-refractivity contribution in [2.75, 3.05) is 6.61 Å². The fourth-order valence-corrected chi connectivity index (χ4v) is 1.05. The minimum Gasteiger partial charge on any atom is -0.394 e. The minimum absolute atomic E-state index is 0.173. The summed E-state index contributed by atoms with van der Waals surface area (Å²) in [6, 6.07) is 5.42. The number of benzene rings is 1. The van der Waals surface area contributed by atoms with Crippen LogP contribution >= 0.6 is 0 Å². The van der Waals surface area contributed by atoms with Crippen molar-refractivity contribution in [3.63, 3.8) is 0 Å². The van der Waals surface area contributed by atoms with Crippen molar-refractivity contribution in [2.24, 2.45) is 0 Å². The second-order valence-electron chi connectivity index (χ2n) is 4.01. The molecule has 3 nitrogen and oxygen atoms in total. The summed E-state index contributed by atoms with van der Waals surface area (Å²) < 4.78 is 12.8. The SMILES string of the molecule is CC(C)(CO)NC(=O)c1cccc(F)c1. The number of carbonyl (C=O) groups is 1.